The second-order valence-corrected chi connectivity index (χ2v) is 4.75. The molecule has 0 aliphatic carbocycles. The Morgan fingerprint density at radius 3 is 2.52 bits per heavy atom. The molecule has 1 amide bonds. The Hall–Kier alpha value is -1.11. The van der Waals surface area contributed by atoms with Gasteiger partial charge >= 0.3 is 0 Å². The van der Waals surface area contributed by atoms with E-state index in [4.69, 9.17) is 10.5 Å². The fourth-order valence-corrected chi connectivity index (χ4v) is 2.08. The van der Waals surface area contributed by atoms with Crippen LogP contribution in [0.25, 0.3) is 0 Å². The summed E-state index contributed by atoms with van der Waals surface area (Å²) in [6, 6.07) is 2.36. The summed E-state index contributed by atoms with van der Waals surface area (Å²) in [4.78, 5) is 17.3. The van der Waals surface area contributed by atoms with Gasteiger partial charge in [0.15, 0.2) is 0 Å². The predicted octanol–water partition coefficient (Wildman–Crippen LogP) is 1.78. The summed E-state index contributed by atoms with van der Waals surface area (Å²) >= 11 is 0. The number of carbonyl (C=O) groups is 1. The Kier molecular flexibility index (Phi) is 8.54. The van der Waals surface area contributed by atoms with Crippen LogP contribution in [0.15, 0.2) is 18.3 Å². The third-order valence-corrected chi connectivity index (χ3v) is 3.13. The summed E-state index contributed by atoms with van der Waals surface area (Å²) in [5, 5.41) is 0. The Labute approximate surface area is 135 Å². The van der Waals surface area contributed by atoms with Crippen LogP contribution in [-0.2, 0) is 4.79 Å². The molecule has 0 aromatic carbocycles. The molecule has 120 valence electrons. The molecule has 21 heavy (non-hydrogen) atoms. The van der Waals surface area contributed by atoms with Gasteiger partial charge in [-0.25, -0.2) is 9.37 Å². The van der Waals surface area contributed by atoms with Crippen molar-refractivity contribution < 1.29 is 13.9 Å². The summed E-state index contributed by atoms with van der Waals surface area (Å²) in [6.45, 7) is 2.95. The molecule has 2 rings (SSSR count). The average Bonchev–Trinajstić information content (AvgIpc) is 2.41. The topological polar surface area (TPSA) is 68.5 Å². The lowest BCUT2D eigenvalue weighted by Crippen LogP contribution is -2.47. The second-order valence-electron chi connectivity index (χ2n) is 4.75. The number of likely N-dealkylation sites (tertiary alicyclic amines) is 1. The molecule has 5 nitrogen and oxygen atoms in total. The molecule has 0 saturated carbocycles. The van der Waals surface area contributed by atoms with Gasteiger partial charge in [0.1, 0.15) is 11.9 Å². The largest absolute Gasteiger partial charge is 0.474 e. The number of amides is 1. The number of rotatable bonds is 3. The summed E-state index contributed by atoms with van der Waals surface area (Å²) in [5.74, 6) is 0.00132. The molecule has 8 heteroatoms. The molecule has 1 atom stereocenters. The number of halogens is 3. The van der Waals surface area contributed by atoms with Gasteiger partial charge in [-0.05, 0) is 13.0 Å². The van der Waals surface area contributed by atoms with Crippen LogP contribution in [0.3, 0.4) is 0 Å². The van der Waals surface area contributed by atoms with Gasteiger partial charge in [-0.15, -0.1) is 24.8 Å². The van der Waals surface area contributed by atoms with Crippen molar-refractivity contribution in [3.63, 3.8) is 0 Å². The average molecular weight is 340 g/mol. The van der Waals surface area contributed by atoms with E-state index in [2.05, 4.69) is 4.98 Å². The minimum absolute atomic E-state index is 0. The first kappa shape index (κ1) is 19.9. The quantitative estimate of drug-likeness (QED) is 0.911. The molecule has 0 spiro atoms. The molecular formula is C13H20Cl2FN3O2. The molecule has 1 fully saturated rings. The van der Waals surface area contributed by atoms with Crippen LogP contribution in [0.4, 0.5) is 4.39 Å². The van der Waals surface area contributed by atoms with Gasteiger partial charge < -0.3 is 15.4 Å². The van der Waals surface area contributed by atoms with Crippen molar-refractivity contribution >= 4 is 30.7 Å². The van der Waals surface area contributed by atoms with Crippen molar-refractivity contribution in [3.8, 4) is 5.88 Å². The Bertz CT molecular complexity index is 438. The minimum Gasteiger partial charge on any atom is -0.474 e. The van der Waals surface area contributed by atoms with Gasteiger partial charge in [0.05, 0.1) is 12.2 Å². The van der Waals surface area contributed by atoms with Crippen LogP contribution in [0.2, 0.25) is 0 Å². The zero-order valence-corrected chi connectivity index (χ0v) is 13.3. The van der Waals surface area contributed by atoms with Crippen LogP contribution < -0.4 is 10.5 Å². The van der Waals surface area contributed by atoms with Gasteiger partial charge in [-0.3, -0.25) is 4.79 Å². The number of piperidine rings is 1. The van der Waals surface area contributed by atoms with Gasteiger partial charge in [0, 0.05) is 32.0 Å². The van der Waals surface area contributed by atoms with E-state index in [0.717, 1.165) is 19.0 Å². The zero-order valence-electron chi connectivity index (χ0n) is 11.7. The number of nitrogens with two attached hydrogens (primary N) is 1. The number of hydrogen-bond acceptors (Lipinski definition) is 4. The standard InChI is InChI=1S/C13H18FN3O2.2ClH/c1-9(15)13(18)17-6-4-11(5-7-17)19-12-3-2-10(14)8-16-12;;/h2-3,8-9,11H,4-7,15H2,1H3;2*1H/t9-;;/m0../s1. The molecule has 2 heterocycles. The highest BCUT2D eigenvalue weighted by Gasteiger charge is 2.25. The molecule has 2 N–H and O–H groups in total. The lowest BCUT2D eigenvalue weighted by atomic mass is 10.1. The summed E-state index contributed by atoms with van der Waals surface area (Å²) in [7, 11) is 0. The highest BCUT2D eigenvalue weighted by molar-refractivity contribution is 5.85. The van der Waals surface area contributed by atoms with E-state index in [-0.39, 0.29) is 42.6 Å². The third kappa shape index (κ3) is 5.65. The zero-order chi connectivity index (χ0) is 13.8. The molecule has 1 saturated heterocycles. The number of carbonyl (C=O) groups excluding carboxylic acids is 1. The van der Waals surface area contributed by atoms with E-state index >= 15 is 0 Å². The summed E-state index contributed by atoms with van der Waals surface area (Å²) in [5.41, 5.74) is 5.57. The number of pyridine rings is 1. The fraction of sp³-hybridized carbons (Fsp3) is 0.538. The van der Waals surface area contributed by atoms with E-state index in [1.54, 1.807) is 11.8 Å². The normalized spacial score (nSPS) is 16.4. The maximum absolute atomic E-state index is 12.7. The van der Waals surface area contributed by atoms with Crippen molar-refractivity contribution in [2.45, 2.75) is 31.9 Å². The predicted molar refractivity (Wildman–Crippen MR) is 82.6 cm³/mol. The molecule has 1 aliphatic heterocycles. The van der Waals surface area contributed by atoms with Gasteiger partial charge in [-0.2, -0.15) is 0 Å². The molecule has 0 unspecified atom stereocenters. The number of aromatic nitrogens is 1. The number of hydrogen-bond donors (Lipinski definition) is 1. The van der Waals surface area contributed by atoms with Crippen LogP contribution >= 0.6 is 24.8 Å². The van der Waals surface area contributed by atoms with Gasteiger partial charge in [0.2, 0.25) is 11.8 Å². The van der Waals surface area contributed by atoms with Gasteiger partial charge in [-0.1, -0.05) is 0 Å². The minimum atomic E-state index is -0.462. The van der Waals surface area contributed by atoms with E-state index in [1.807, 2.05) is 0 Å². The van der Waals surface area contributed by atoms with Gasteiger partial charge in [0.25, 0.3) is 0 Å². The first-order chi connectivity index (χ1) is 9.06. The van der Waals surface area contributed by atoms with Crippen LogP contribution in [0, 0.1) is 5.82 Å². The first-order valence-electron chi connectivity index (χ1n) is 6.39. The maximum atomic E-state index is 12.7. The van der Waals surface area contributed by atoms with E-state index in [9.17, 15) is 9.18 Å². The van der Waals surface area contributed by atoms with Crippen molar-refractivity contribution in [1.82, 2.24) is 9.88 Å². The molecular weight excluding hydrogens is 320 g/mol. The van der Waals surface area contributed by atoms with Crippen molar-refractivity contribution in [1.29, 1.82) is 0 Å². The third-order valence-electron chi connectivity index (χ3n) is 3.13. The SMILES string of the molecule is C[C@H](N)C(=O)N1CCC(Oc2ccc(F)cn2)CC1.Cl.Cl. The Morgan fingerprint density at radius 1 is 1.43 bits per heavy atom. The van der Waals surface area contributed by atoms with Crippen molar-refractivity contribution in [3.05, 3.63) is 24.1 Å². The van der Waals surface area contributed by atoms with E-state index in [0.29, 0.717) is 19.0 Å². The Balaban J connectivity index is 0.00000200. The smallest absolute Gasteiger partial charge is 0.239 e. The van der Waals surface area contributed by atoms with Crippen LogP contribution in [-0.4, -0.2) is 41.0 Å². The lowest BCUT2D eigenvalue weighted by molar-refractivity contribution is -0.134. The number of nitrogens with zero attached hydrogens (tertiary/aromatic N) is 2. The molecule has 1 aliphatic rings. The Morgan fingerprint density at radius 2 is 2.05 bits per heavy atom. The summed E-state index contributed by atoms with van der Waals surface area (Å²) in [6.07, 6.45) is 2.61. The fourth-order valence-electron chi connectivity index (χ4n) is 2.08. The highest BCUT2D eigenvalue weighted by Crippen LogP contribution is 2.17. The second kappa shape index (κ2) is 9.02. The molecule has 1 aromatic rings. The maximum Gasteiger partial charge on any atom is 0.239 e. The summed E-state index contributed by atoms with van der Waals surface area (Å²) < 4.78 is 18.4. The lowest BCUT2D eigenvalue weighted by Gasteiger charge is -2.32. The van der Waals surface area contributed by atoms with E-state index < -0.39 is 6.04 Å². The van der Waals surface area contributed by atoms with Crippen molar-refractivity contribution in [2.75, 3.05) is 13.1 Å². The molecule has 1 aromatic heterocycles. The monoisotopic (exact) mass is 339 g/mol. The highest BCUT2D eigenvalue weighted by atomic mass is 35.5. The van der Waals surface area contributed by atoms with Crippen molar-refractivity contribution in [2.24, 2.45) is 5.73 Å². The first-order valence-corrected chi connectivity index (χ1v) is 6.39. The van der Waals surface area contributed by atoms with Crippen LogP contribution in [0.5, 0.6) is 5.88 Å². The van der Waals surface area contributed by atoms with Crippen LogP contribution in [0.1, 0.15) is 19.8 Å². The number of ether oxygens (including phenoxy) is 1. The molecule has 0 bridgehead atoms. The van der Waals surface area contributed by atoms with E-state index in [1.165, 1.54) is 12.1 Å². The molecule has 0 radical (unpaired) electrons.